The number of hydrogen-bond acceptors (Lipinski definition) is 6. The first-order chi connectivity index (χ1) is 11.1. The Morgan fingerprint density at radius 3 is 2.57 bits per heavy atom. The summed E-state index contributed by atoms with van der Waals surface area (Å²) in [5.41, 5.74) is 0. The maximum Gasteiger partial charge on any atom is 0.344 e. The fourth-order valence-electron chi connectivity index (χ4n) is 1.52. The Labute approximate surface area is 141 Å². The molecular formula is C15H12ClNO5S. The number of ether oxygens (including phenoxy) is 2. The molecule has 1 N–H and O–H groups in total. The summed E-state index contributed by atoms with van der Waals surface area (Å²) in [5, 5.41) is 4.19. The largest absolute Gasteiger partial charge is 0.480 e. The van der Waals surface area contributed by atoms with Crippen LogP contribution in [0.2, 0.25) is 5.02 Å². The highest BCUT2D eigenvalue weighted by atomic mass is 35.5. The van der Waals surface area contributed by atoms with Gasteiger partial charge in [0.1, 0.15) is 5.75 Å². The molecule has 2 rings (SSSR count). The van der Waals surface area contributed by atoms with Gasteiger partial charge in [-0.15, -0.1) is 11.3 Å². The van der Waals surface area contributed by atoms with Crippen LogP contribution in [-0.2, 0) is 14.3 Å². The highest BCUT2D eigenvalue weighted by Gasteiger charge is 2.13. The Kier molecular flexibility index (Phi) is 6.13. The number of imide groups is 1. The monoisotopic (exact) mass is 353 g/mol. The Bertz CT molecular complexity index is 702. The molecule has 0 fully saturated rings. The number of carbonyl (C=O) groups is 3. The van der Waals surface area contributed by atoms with Crippen LogP contribution in [0, 0.1) is 0 Å². The summed E-state index contributed by atoms with van der Waals surface area (Å²) in [6.07, 6.45) is 0. The zero-order valence-corrected chi connectivity index (χ0v) is 13.4. The van der Waals surface area contributed by atoms with E-state index in [-0.39, 0.29) is 0 Å². The molecule has 0 unspecified atom stereocenters. The van der Waals surface area contributed by atoms with Gasteiger partial charge in [0.25, 0.3) is 11.8 Å². The van der Waals surface area contributed by atoms with Gasteiger partial charge in [0, 0.05) is 0 Å². The lowest BCUT2D eigenvalue weighted by atomic mass is 10.3. The third-order valence-electron chi connectivity index (χ3n) is 2.54. The van der Waals surface area contributed by atoms with Gasteiger partial charge in [-0.1, -0.05) is 29.8 Å². The predicted octanol–water partition coefficient (Wildman–Crippen LogP) is 2.28. The lowest BCUT2D eigenvalue weighted by Crippen LogP contribution is -2.34. The van der Waals surface area contributed by atoms with Crippen molar-refractivity contribution in [3.05, 3.63) is 51.7 Å². The molecule has 23 heavy (non-hydrogen) atoms. The molecule has 0 aliphatic carbocycles. The maximum atomic E-state index is 11.6. The average Bonchev–Trinajstić information content (AvgIpc) is 3.06. The number of nitrogens with one attached hydrogen (secondary N) is 1. The number of thiophene rings is 1. The van der Waals surface area contributed by atoms with Gasteiger partial charge in [0.05, 0.1) is 9.90 Å². The molecular weight excluding hydrogens is 342 g/mol. The molecule has 0 aliphatic heterocycles. The van der Waals surface area contributed by atoms with Crippen LogP contribution >= 0.6 is 22.9 Å². The standard InChI is InChI=1S/C15H12ClNO5S/c16-10-4-1-2-5-11(10)21-9-14(19)22-8-13(18)17-15(20)12-6-3-7-23-12/h1-7H,8-9H2,(H,17,18,20). The third kappa shape index (κ3) is 5.39. The van der Waals surface area contributed by atoms with E-state index in [0.717, 1.165) is 0 Å². The van der Waals surface area contributed by atoms with E-state index in [4.69, 9.17) is 21.1 Å². The average molecular weight is 354 g/mol. The van der Waals surface area contributed by atoms with Gasteiger partial charge < -0.3 is 9.47 Å². The molecule has 0 atom stereocenters. The second-order valence-corrected chi connectivity index (χ2v) is 5.59. The molecule has 0 saturated heterocycles. The molecule has 1 heterocycles. The minimum absolute atomic E-state index is 0.337. The molecule has 1 aromatic carbocycles. The van der Waals surface area contributed by atoms with E-state index in [0.29, 0.717) is 15.6 Å². The fraction of sp³-hybridized carbons (Fsp3) is 0.133. The number of benzene rings is 1. The number of para-hydroxylation sites is 1. The summed E-state index contributed by atoms with van der Waals surface area (Å²) in [7, 11) is 0. The van der Waals surface area contributed by atoms with Crippen molar-refractivity contribution in [2.24, 2.45) is 0 Å². The van der Waals surface area contributed by atoms with E-state index in [1.54, 1.807) is 41.8 Å². The van der Waals surface area contributed by atoms with Crippen molar-refractivity contribution < 1.29 is 23.9 Å². The molecule has 1 aromatic heterocycles. The zero-order valence-electron chi connectivity index (χ0n) is 11.8. The van der Waals surface area contributed by atoms with Crippen LogP contribution in [0.1, 0.15) is 9.67 Å². The van der Waals surface area contributed by atoms with Gasteiger partial charge in [-0.3, -0.25) is 14.9 Å². The number of amides is 2. The topological polar surface area (TPSA) is 81.7 Å². The van der Waals surface area contributed by atoms with E-state index < -0.39 is 31.0 Å². The number of carbonyl (C=O) groups excluding carboxylic acids is 3. The Balaban J connectivity index is 1.71. The van der Waals surface area contributed by atoms with E-state index in [9.17, 15) is 14.4 Å². The quantitative estimate of drug-likeness (QED) is 0.806. The van der Waals surface area contributed by atoms with Crippen molar-refractivity contribution >= 4 is 40.7 Å². The summed E-state index contributed by atoms with van der Waals surface area (Å²) in [6.45, 7) is -0.961. The van der Waals surface area contributed by atoms with Crippen LogP contribution in [0.15, 0.2) is 41.8 Å². The number of halogens is 1. The molecule has 120 valence electrons. The second kappa shape index (κ2) is 8.30. The number of rotatable bonds is 6. The van der Waals surface area contributed by atoms with E-state index >= 15 is 0 Å². The zero-order chi connectivity index (χ0) is 16.7. The van der Waals surface area contributed by atoms with Crippen molar-refractivity contribution in [3.8, 4) is 5.75 Å². The van der Waals surface area contributed by atoms with Crippen LogP contribution in [0.3, 0.4) is 0 Å². The molecule has 0 aliphatic rings. The van der Waals surface area contributed by atoms with E-state index in [1.807, 2.05) is 0 Å². The van der Waals surface area contributed by atoms with Crippen LogP contribution in [0.25, 0.3) is 0 Å². The van der Waals surface area contributed by atoms with Crippen LogP contribution in [-0.4, -0.2) is 31.0 Å². The summed E-state index contributed by atoms with van der Waals surface area (Å²) >= 11 is 7.06. The fourth-order valence-corrected chi connectivity index (χ4v) is 2.33. The second-order valence-electron chi connectivity index (χ2n) is 4.23. The van der Waals surface area contributed by atoms with Crippen molar-refractivity contribution in [3.63, 3.8) is 0 Å². The van der Waals surface area contributed by atoms with Crippen molar-refractivity contribution in [1.82, 2.24) is 5.32 Å². The van der Waals surface area contributed by atoms with Crippen molar-refractivity contribution in [1.29, 1.82) is 0 Å². The Morgan fingerprint density at radius 2 is 1.87 bits per heavy atom. The van der Waals surface area contributed by atoms with Crippen LogP contribution in [0.4, 0.5) is 0 Å². The number of hydrogen-bond donors (Lipinski definition) is 1. The van der Waals surface area contributed by atoms with Gasteiger partial charge in [-0.05, 0) is 23.6 Å². The predicted molar refractivity (Wildman–Crippen MR) is 84.7 cm³/mol. The first kappa shape index (κ1) is 17.0. The van der Waals surface area contributed by atoms with Crippen LogP contribution < -0.4 is 10.1 Å². The lowest BCUT2D eigenvalue weighted by Gasteiger charge is -2.08. The molecule has 0 radical (unpaired) electrons. The molecule has 0 bridgehead atoms. The molecule has 0 spiro atoms. The van der Waals surface area contributed by atoms with Gasteiger partial charge in [0.15, 0.2) is 13.2 Å². The number of esters is 1. The SMILES string of the molecule is O=C(COC(=O)COc1ccccc1Cl)NC(=O)c1cccs1. The van der Waals surface area contributed by atoms with Crippen molar-refractivity contribution in [2.75, 3.05) is 13.2 Å². The van der Waals surface area contributed by atoms with E-state index in [1.165, 1.54) is 11.3 Å². The Morgan fingerprint density at radius 1 is 1.09 bits per heavy atom. The highest BCUT2D eigenvalue weighted by Crippen LogP contribution is 2.22. The van der Waals surface area contributed by atoms with Gasteiger partial charge in [-0.25, -0.2) is 4.79 Å². The maximum absolute atomic E-state index is 11.6. The van der Waals surface area contributed by atoms with E-state index in [2.05, 4.69) is 5.32 Å². The third-order valence-corrected chi connectivity index (χ3v) is 3.73. The highest BCUT2D eigenvalue weighted by molar-refractivity contribution is 7.12. The van der Waals surface area contributed by atoms with Gasteiger partial charge in [-0.2, -0.15) is 0 Å². The summed E-state index contributed by atoms with van der Waals surface area (Å²) in [6, 6.07) is 9.92. The molecule has 6 nitrogen and oxygen atoms in total. The summed E-state index contributed by atoms with van der Waals surface area (Å²) < 4.78 is 9.88. The molecule has 0 saturated carbocycles. The molecule has 2 aromatic rings. The first-order valence-electron chi connectivity index (χ1n) is 6.47. The minimum Gasteiger partial charge on any atom is -0.480 e. The first-order valence-corrected chi connectivity index (χ1v) is 7.72. The summed E-state index contributed by atoms with van der Waals surface area (Å²) in [4.78, 5) is 35.0. The smallest absolute Gasteiger partial charge is 0.344 e. The van der Waals surface area contributed by atoms with Gasteiger partial charge >= 0.3 is 5.97 Å². The molecule has 2 amide bonds. The van der Waals surface area contributed by atoms with Crippen molar-refractivity contribution in [2.45, 2.75) is 0 Å². The van der Waals surface area contributed by atoms with Crippen LogP contribution in [0.5, 0.6) is 5.75 Å². The minimum atomic E-state index is -0.747. The lowest BCUT2D eigenvalue weighted by molar-refractivity contribution is -0.150. The Hall–Kier alpha value is -2.38. The normalized spacial score (nSPS) is 9.96. The molecule has 8 heteroatoms. The van der Waals surface area contributed by atoms with Gasteiger partial charge in [0.2, 0.25) is 0 Å². The summed E-state index contributed by atoms with van der Waals surface area (Å²) in [5.74, 6) is -1.66.